The van der Waals surface area contributed by atoms with E-state index in [9.17, 15) is 27.8 Å². The van der Waals surface area contributed by atoms with Crippen LogP contribution in [0.3, 0.4) is 0 Å². The first-order valence-electron chi connectivity index (χ1n) is 9.00. The van der Waals surface area contributed by atoms with Crippen LogP contribution in [0.2, 0.25) is 0 Å². The van der Waals surface area contributed by atoms with Crippen molar-refractivity contribution in [1.82, 2.24) is 14.5 Å². The number of alkyl halides is 2. The first kappa shape index (κ1) is 20.5. The minimum absolute atomic E-state index is 0.00773. The molecule has 0 amide bonds. The van der Waals surface area contributed by atoms with Gasteiger partial charge in [-0.05, 0) is 30.7 Å². The number of nitrogens with two attached hydrogens (primary N) is 1. The summed E-state index contributed by atoms with van der Waals surface area (Å²) >= 11 is 0. The fourth-order valence-electron chi connectivity index (χ4n) is 3.77. The molecule has 1 aliphatic heterocycles. The van der Waals surface area contributed by atoms with Gasteiger partial charge in [-0.3, -0.25) is 0 Å². The smallest absolute Gasteiger partial charge is 0.266 e. The van der Waals surface area contributed by atoms with Crippen molar-refractivity contribution in [3.8, 4) is 0 Å². The van der Waals surface area contributed by atoms with Crippen molar-refractivity contribution >= 4 is 16.9 Å². The van der Waals surface area contributed by atoms with E-state index in [-0.39, 0.29) is 17.8 Å². The fourth-order valence-corrected chi connectivity index (χ4v) is 3.77. The van der Waals surface area contributed by atoms with Crippen LogP contribution in [0.4, 0.5) is 23.4 Å². The third kappa shape index (κ3) is 3.28. The molecule has 0 spiro atoms. The van der Waals surface area contributed by atoms with Crippen molar-refractivity contribution in [2.45, 2.75) is 43.8 Å². The van der Waals surface area contributed by atoms with Crippen LogP contribution < -0.4 is 5.73 Å². The lowest BCUT2D eigenvalue weighted by Gasteiger charge is -2.28. The van der Waals surface area contributed by atoms with Crippen LogP contribution in [0, 0.1) is 11.6 Å². The van der Waals surface area contributed by atoms with E-state index >= 15 is 0 Å². The molecule has 1 aliphatic rings. The van der Waals surface area contributed by atoms with Gasteiger partial charge in [0.05, 0.1) is 16.6 Å². The van der Waals surface area contributed by atoms with Gasteiger partial charge in [0.2, 0.25) is 0 Å². The maximum atomic E-state index is 13.8. The molecule has 4 atom stereocenters. The van der Waals surface area contributed by atoms with Gasteiger partial charge in [0.15, 0.2) is 11.6 Å². The lowest BCUT2D eigenvalue weighted by molar-refractivity contribution is -0.111. The number of benzene rings is 1. The maximum Gasteiger partial charge on any atom is 0.266 e. The van der Waals surface area contributed by atoms with Gasteiger partial charge in [0.1, 0.15) is 36.2 Å². The Balaban J connectivity index is 1.67. The van der Waals surface area contributed by atoms with Gasteiger partial charge in [0.25, 0.3) is 6.43 Å². The Morgan fingerprint density at radius 2 is 2.03 bits per heavy atom. The van der Waals surface area contributed by atoms with Crippen molar-refractivity contribution in [2.75, 3.05) is 5.73 Å². The zero-order chi connectivity index (χ0) is 21.8. The van der Waals surface area contributed by atoms with E-state index in [0.29, 0.717) is 23.2 Å². The zero-order valence-corrected chi connectivity index (χ0v) is 15.6. The number of aromatic nitrogens is 3. The molecule has 0 bridgehead atoms. The highest BCUT2D eigenvalue weighted by Crippen LogP contribution is 2.43. The fraction of sp³-hybridized carbons (Fsp3) is 0.368. The van der Waals surface area contributed by atoms with Crippen LogP contribution in [0.25, 0.3) is 11.0 Å². The lowest BCUT2D eigenvalue weighted by Crippen LogP contribution is -2.39. The summed E-state index contributed by atoms with van der Waals surface area (Å²) in [7, 11) is 0. The Morgan fingerprint density at radius 1 is 1.30 bits per heavy atom. The molecule has 4 rings (SSSR count). The van der Waals surface area contributed by atoms with Gasteiger partial charge < -0.3 is 25.3 Å². The molecule has 0 aliphatic carbocycles. The number of hydrogen-bond acceptors (Lipinski definition) is 6. The second-order valence-corrected chi connectivity index (χ2v) is 7.44. The number of aliphatic hydroxyl groups excluding tert-OH is 1. The summed E-state index contributed by atoms with van der Waals surface area (Å²) in [6, 6.07) is 2.94. The molecule has 160 valence electrons. The van der Waals surface area contributed by atoms with Crippen LogP contribution in [0.5, 0.6) is 0 Å². The quantitative estimate of drug-likeness (QED) is 0.554. The number of fused-ring (bicyclic) bond motifs is 1. The Morgan fingerprint density at radius 3 is 2.73 bits per heavy atom. The number of rotatable bonds is 4. The summed E-state index contributed by atoms with van der Waals surface area (Å²) in [6.07, 6.45) is -4.17. The van der Waals surface area contributed by atoms with Crippen LogP contribution >= 0.6 is 0 Å². The second kappa shape index (κ2) is 7.18. The van der Waals surface area contributed by atoms with Crippen molar-refractivity contribution in [3.63, 3.8) is 0 Å². The highest BCUT2D eigenvalue weighted by atomic mass is 19.3. The van der Waals surface area contributed by atoms with Crippen LogP contribution in [0.15, 0.2) is 30.7 Å². The molecule has 1 saturated heterocycles. The van der Waals surface area contributed by atoms with Crippen molar-refractivity contribution < 1.29 is 32.5 Å². The van der Waals surface area contributed by atoms with Gasteiger partial charge >= 0.3 is 0 Å². The van der Waals surface area contributed by atoms with E-state index in [1.165, 1.54) is 13.3 Å². The molecule has 3 heterocycles. The first-order valence-corrected chi connectivity index (χ1v) is 9.00. The molecule has 4 N–H and O–H groups in total. The predicted octanol–water partition coefficient (Wildman–Crippen LogP) is 3.00. The Hall–Kier alpha value is -2.76. The molecule has 7 nitrogen and oxygen atoms in total. The Bertz CT molecular complexity index is 1100. The van der Waals surface area contributed by atoms with E-state index in [4.69, 9.17) is 10.5 Å². The van der Waals surface area contributed by atoms with Crippen molar-refractivity contribution in [2.24, 2.45) is 0 Å². The number of hydrogen-bond donors (Lipinski definition) is 3. The van der Waals surface area contributed by atoms with Crippen molar-refractivity contribution in [3.05, 3.63) is 53.5 Å². The summed E-state index contributed by atoms with van der Waals surface area (Å²) < 4.78 is 60.8. The van der Waals surface area contributed by atoms with E-state index in [1.54, 1.807) is 16.8 Å². The summed E-state index contributed by atoms with van der Waals surface area (Å²) in [5.41, 5.74) is 3.12. The van der Waals surface area contributed by atoms with Gasteiger partial charge in [-0.15, -0.1) is 0 Å². The minimum Gasteiger partial charge on any atom is -0.387 e. The standard InChI is InChI=1S/C19H18F4N4O3/c1-19(29)6-12(27-3-2-9-17(24)25-7-26-18(9)27)30-15(19)14(28)8-4-10(16(22)23)13(21)11(20)5-8/h2-5,7,12,14-16,28-29H,6H2,1H3,(H2,24,25,26)/t12-,14+,15-,19+/m1/s1. The van der Waals surface area contributed by atoms with Crippen LogP contribution in [0.1, 0.15) is 43.2 Å². The Kier molecular flexibility index (Phi) is 4.91. The summed E-state index contributed by atoms with van der Waals surface area (Å²) in [5.74, 6) is -2.96. The number of halogens is 4. The van der Waals surface area contributed by atoms with Gasteiger partial charge in [-0.25, -0.2) is 27.5 Å². The SMILES string of the molecule is C[C@]1(O)C[C@H](n2ccc3c(N)ncnc32)O[C@@H]1[C@@H](O)c1cc(F)c(F)c(C(F)F)c1. The summed E-state index contributed by atoms with van der Waals surface area (Å²) in [5, 5.41) is 22.1. The first-order chi connectivity index (χ1) is 14.1. The monoisotopic (exact) mass is 426 g/mol. The van der Waals surface area contributed by atoms with E-state index in [0.717, 1.165) is 0 Å². The normalized spacial score (nSPS) is 25.3. The van der Waals surface area contributed by atoms with Gasteiger partial charge in [-0.2, -0.15) is 0 Å². The maximum absolute atomic E-state index is 13.8. The largest absolute Gasteiger partial charge is 0.387 e. The van der Waals surface area contributed by atoms with Gasteiger partial charge in [-0.1, -0.05) is 0 Å². The number of ether oxygens (including phenoxy) is 1. The summed E-state index contributed by atoms with van der Waals surface area (Å²) in [6.45, 7) is 1.39. The average Bonchev–Trinajstić information content (AvgIpc) is 3.24. The molecule has 2 aromatic heterocycles. The zero-order valence-electron chi connectivity index (χ0n) is 15.6. The van der Waals surface area contributed by atoms with Gasteiger partial charge in [0, 0.05) is 12.6 Å². The molecule has 0 unspecified atom stereocenters. The number of nitrogen functional groups attached to an aromatic ring is 1. The molecular weight excluding hydrogens is 408 g/mol. The minimum atomic E-state index is -3.28. The van der Waals surface area contributed by atoms with Crippen LogP contribution in [-0.2, 0) is 4.74 Å². The highest BCUT2D eigenvalue weighted by Gasteiger charge is 2.49. The molecule has 30 heavy (non-hydrogen) atoms. The molecule has 0 radical (unpaired) electrons. The molecule has 0 saturated carbocycles. The van der Waals surface area contributed by atoms with Crippen molar-refractivity contribution in [1.29, 1.82) is 0 Å². The Labute approximate surface area is 167 Å². The summed E-state index contributed by atoms with van der Waals surface area (Å²) in [4.78, 5) is 8.04. The molecule has 11 heteroatoms. The predicted molar refractivity (Wildman–Crippen MR) is 97.4 cm³/mol. The number of nitrogens with zero attached hydrogens (tertiary/aromatic N) is 3. The molecular formula is C19H18F4N4O3. The number of anilines is 1. The third-order valence-corrected chi connectivity index (χ3v) is 5.30. The third-order valence-electron chi connectivity index (χ3n) is 5.30. The highest BCUT2D eigenvalue weighted by molar-refractivity contribution is 5.86. The van der Waals surface area contributed by atoms with E-state index < -0.39 is 47.7 Å². The number of aliphatic hydroxyl groups is 2. The van der Waals surface area contributed by atoms with Crippen LogP contribution in [-0.4, -0.2) is 36.5 Å². The molecule has 3 aromatic rings. The second-order valence-electron chi connectivity index (χ2n) is 7.44. The van der Waals surface area contributed by atoms with E-state index in [1.807, 2.05) is 0 Å². The topological polar surface area (TPSA) is 106 Å². The van der Waals surface area contributed by atoms with E-state index in [2.05, 4.69) is 9.97 Å². The lowest BCUT2D eigenvalue weighted by atomic mass is 9.89. The average molecular weight is 426 g/mol. The molecule has 1 aromatic carbocycles. The molecule has 1 fully saturated rings.